The Labute approximate surface area is 236 Å². The molecule has 7 nitrogen and oxygen atoms in total. The number of rotatable bonds is 11. The number of hydrogen-bond donors (Lipinski definition) is 2. The van der Waals surface area contributed by atoms with Gasteiger partial charge in [0.25, 0.3) is 7.48 Å². The highest BCUT2D eigenvalue weighted by atomic mass is 16.6. The zero-order valence-corrected chi connectivity index (χ0v) is 25.4. The number of nitrogens with one attached hydrogen (secondary N) is 1. The first-order chi connectivity index (χ1) is 18.2. The molecule has 2 N–H and O–H groups in total. The number of likely N-dealkylation sites (tertiary alicyclic amines) is 1. The number of nitrogens with zero attached hydrogens (tertiary/aromatic N) is 1. The quantitative estimate of drug-likeness (QED) is 0.301. The molecular weight excluding hydrogens is 491 g/mol. The molecule has 1 amide bonds. The van der Waals surface area contributed by atoms with Gasteiger partial charge in [0.1, 0.15) is 17.5 Å². The van der Waals surface area contributed by atoms with Gasteiger partial charge in [-0.1, -0.05) is 19.9 Å². The molecule has 4 atom stereocenters. The number of amides is 1. The summed E-state index contributed by atoms with van der Waals surface area (Å²) >= 11 is 0. The number of aryl methyl sites for hydroxylation is 1. The Morgan fingerprint density at radius 3 is 2.51 bits per heavy atom. The molecule has 217 valence electrons. The summed E-state index contributed by atoms with van der Waals surface area (Å²) in [6.45, 7) is 19.8. The van der Waals surface area contributed by atoms with Crippen molar-refractivity contribution in [3.8, 4) is 5.75 Å². The lowest BCUT2D eigenvalue weighted by Crippen LogP contribution is -2.67. The van der Waals surface area contributed by atoms with E-state index in [1.807, 2.05) is 35.2 Å². The molecule has 1 aromatic rings. The maximum Gasteiger partial charge on any atom is 0.407 e. The van der Waals surface area contributed by atoms with Crippen molar-refractivity contribution < 1.29 is 24.0 Å². The first-order valence-electron chi connectivity index (χ1n) is 14.8. The van der Waals surface area contributed by atoms with Gasteiger partial charge in [-0.05, 0) is 114 Å². The average molecular weight is 542 g/mol. The number of carbonyl (C=O) groups excluding carboxylic acids is 1. The molecule has 3 saturated carbocycles. The molecule has 3 aliphatic carbocycles. The zero-order chi connectivity index (χ0) is 28.6. The number of aliphatic hydroxyl groups is 1. The van der Waals surface area contributed by atoms with Crippen molar-refractivity contribution in [2.45, 2.75) is 111 Å². The Hall–Kier alpha value is -1.77. The molecule has 2 bridgehead atoms. The van der Waals surface area contributed by atoms with Crippen LogP contribution in [0.1, 0.15) is 77.5 Å². The van der Waals surface area contributed by atoms with Crippen molar-refractivity contribution in [2.75, 3.05) is 26.2 Å². The van der Waals surface area contributed by atoms with Crippen LogP contribution in [0.5, 0.6) is 5.75 Å². The second-order valence-corrected chi connectivity index (χ2v) is 13.9. The molecule has 5 rings (SSSR count). The maximum atomic E-state index is 11.7. The number of ether oxygens (including phenoxy) is 2. The average Bonchev–Trinajstić information content (AvgIpc) is 2.80. The first kappa shape index (κ1) is 30.2. The fraction of sp³-hybridized carbons (Fsp3) is 0.774. The molecule has 0 spiro atoms. The second-order valence-electron chi connectivity index (χ2n) is 13.9. The van der Waals surface area contributed by atoms with E-state index in [0.717, 1.165) is 57.4 Å². The van der Waals surface area contributed by atoms with Crippen LogP contribution < -0.4 is 10.1 Å². The number of fused-ring (bicyclic) bond motifs is 2. The number of carbonyl (C=O) groups is 1. The fourth-order valence-electron chi connectivity index (χ4n) is 6.74. The smallest absolute Gasteiger partial charge is 0.407 e. The summed E-state index contributed by atoms with van der Waals surface area (Å²) in [6.07, 6.45) is 4.44. The van der Waals surface area contributed by atoms with Crippen LogP contribution in [-0.2, 0) is 15.8 Å². The van der Waals surface area contributed by atoms with Crippen molar-refractivity contribution in [1.29, 1.82) is 0 Å². The van der Waals surface area contributed by atoms with Gasteiger partial charge in [-0.2, -0.15) is 0 Å². The number of hydrogen-bond acceptors (Lipinski definition) is 6. The first-order valence-corrected chi connectivity index (χ1v) is 14.8. The highest BCUT2D eigenvalue weighted by Crippen LogP contribution is 2.63. The summed E-state index contributed by atoms with van der Waals surface area (Å²) in [5.41, 5.74) is 2.79. The SMILES string of the molecule is Cc1c(CC[B]O[C@@H]2C[C@@H]3CC(C3(C)C)C2(C)O)ccc(OC2CN(CCCNC(=O)OC(C)(C)C)C2)c1C. The highest BCUT2D eigenvalue weighted by Gasteiger charge is 2.63. The number of alkyl carbamates (subject to hydrolysis) is 1. The van der Waals surface area contributed by atoms with E-state index in [1.165, 1.54) is 16.7 Å². The predicted octanol–water partition coefficient (Wildman–Crippen LogP) is 5.06. The lowest BCUT2D eigenvalue weighted by atomic mass is 9.43. The summed E-state index contributed by atoms with van der Waals surface area (Å²) in [4.78, 5) is 14.1. The standard InChI is InChI=1S/C31H50BN2O5/c1-20-21(2)25(37-24-18-34(19-24)15-9-14-33-28(35)38-29(3,4)5)11-10-22(20)12-13-32-39-27-17-23-16-26(30(23,6)7)31(27,8)36/h10-11,23-24,26-27,36H,9,12-19H2,1-8H3,(H,33,35)/t23-,26?,27+,31?/m0/s1. The van der Waals surface area contributed by atoms with Gasteiger partial charge in [-0.3, -0.25) is 4.90 Å². The minimum Gasteiger partial charge on any atom is -0.487 e. The van der Waals surface area contributed by atoms with Crippen molar-refractivity contribution in [3.63, 3.8) is 0 Å². The van der Waals surface area contributed by atoms with E-state index < -0.39 is 11.2 Å². The van der Waals surface area contributed by atoms with Crippen LogP contribution in [-0.4, -0.2) is 73.2 Å². The van der Waals surface area contributed by atoms with Gasteiger partial charge in [0.05, 0.1) is 11.7 Å². The van der Waals surface area contributed by atoms with E-state index in [1.54, 1.807) is 0 Å². The molecule has 2 unspecified atom stereocenters. The van der Waals surface area contributed by atoms with E-state index in [0.29, 0.717) is 18.4 Å². The Morgan fingerprint density at radius 1 is 1.15 bits per heavy atom. The second kappa shape index (κ2) is 11.6. The normalized spacial score (nSPS) is 28.3. The summed E-state index contributed by atoms with van der Waals surface area (Å²) in [5.74, 6) is 1.94. The van der Waals surface area contributed by atoms with E-state index in [2.05, 4.69) is 50.0 Å². The number of benzene rings is 1. The third-order valence-electron chi connectivity index (χ3n) is 9.50. The maximum absolute atomic E-state index is 11.7. The molecular formula is C31H50BN2O5. The van der Waals surface area contributed by atoms with Crippen molar-refractivity contribution in [1.82, 2.24) is 10.2 Å². The summed E-state index contributed by atoms with van der Waals surface area (Å²) in [5, 5.41) is 14.0. The fourth-order valence-corrected chi connectivity index (χ4v) is 6.74. The largest absolute Gasteiger partial charge is 0.487 e. The summed E-state index contributed by atoms with van der Waals surface area (Å²) in [6, 6.07) is 4.28. The van der Waals surface area contributed by atoms with Gasteiger partial charge in [0, 0.05) is 26.2 Å². The van der Waals surface area contributed by atoms with Crippen LogP contribution in [0, 0.1) is 31.1 Å². The van der Waals surface area contributed by atoms with Crippen LogP contribution in [0.4, 0.5) is 4.79 Å². The summed E-state index contributed by atoms with van der Waals surface area (Å²) < 4.78 is 17.7. The van der Waals surface area contributed by atoms with E-state index in [4.69, 9.17) is 14.1 Å². The van der Waals surface area contributed by atoms with E-state index >= 15 is 0 Å². The molecule has 1 heterocycles. The van der Waals surface area contributed by atoms with Gasteiger partial charge in [-0.25, -0.2) is 4.79 Å². The molecule has 1 aromatic carbocycles. The molecule has 0 aromatic heterocycles. The molecule has 4 fully saturated rings. The van der Waals surface area contributed by atoms with Gasteiger partial charge in [0.15, 0.2) is 0 Å². The third kappa shape index (κ3) is 6.94. The van der Waals surface area contributed by atoms with Gasteiger partial charge < -0.3 is 24.6 Å². The third-order valence-corrected chi connectivity index (χ3v) is 9.50. The molecule has 8 heteroatoms. The van der Waals surface area contributed by atoms with Crippen LogP contribution in [0.3, 0.4) is 0 Å². The molecule has 1 radical (unpaired) electrons. The van der Waals surface area contributed by atoms with E-state index in [9.17, 15) is 9.90 Å². The molecule has 4 aliphatic rings. The highest BCUT2D eigenvalue weighted by molar-refractivity contribution is 6.27. The van der Waals surface area contributed by atoms with Crippen molar-refractivity contribution in [3.05, 3.63) is 28.8 Å². The van der Waals surface area contributed by atoms with Crippen molar-refractivity contribution in [2.24, 2.45) is 17.3 Å². The lowest BCUT2D eigenvalue weighted by molar-refractivity contribution is -0.238. The monoisotopic (exact) mass is 541 g/mol. The minimum absolute atomic E-state index is 0.101. The molecule has 39 heavy (non-hydrogen) atoms. The Bertz CT molecular complexity index is 1010. The zero-order valence-electron chi connectivity index (χ0n) is 25.4. The van der Waals surface area contributed by atoms with Crippen LogP contribution >= 0.6 is 0 Å². The van der Waals surface area contributed by atoms with E-state index in [-0.39, 0.29) is 23.7 Å². The predicted molar refractivity (Wildman–Crippen MR) is 155 cm³/mol. The minimum atomic E-state index is -0.756. The van der Waals surface area contributed by atoms with Gasteiger partial charge in [0.2, 0.25) is 0 Å². The van der Waals surface area contributed by atoms with Crippen LogP contribution in [0.2, 0.25) is 6.32 Å². The van der Waals surface area contributed by atoms with Crippen LogP contribution in [0.15, 0.2) is 12.1 Å². The Morgan fingerprint density at radius 2 is 1.87 bits per heavy atom. The van der Waals surface area contributed by atoms with Crippen LogP contribution in [0.25, 0.3) is 0 Å². The topological polar surface area (TPSA) is 80.3 Å². The van der Waals surface area contributed by atoms with Gasteiger partial charge in [-0.15, -0.1) is 0 Å². The van der Waals surface area contributed by atoms with Crippen molar-refractivity contribution >= 4 is 13.6 Å². The summed E-state index contributed by atoms with van der Waals surface area (Å²) in [7, 11) is 1.92. The van der Waals surface area contributed by atoms with Gasteiger partial charge >= 0.3 is 6.09 Å². The molecule has 1 aliphatic heterocycles. The lowest BCUT2D eigenvalue weighted by Gasteiger charge is -2.65. The Kier molecular flexibility index (Phi) is 8.99. The molecule has 1 saturated heterocycles. The Balaban J connectivity index is 1.13.